The Labute approximate surface area is 265 Å². The highest BCUT2D eigenvalue weighted by atomic mass is 32.1. The molecule has 0 radical (unpaired) electrons. The molecule has 0 atom stereocenters. The van der Waals surface area contributed by atoms with Crippen LogP contribution in [-0.4, -0.2) is 48.8 Å². The van der Waals surface area contributed by atoms with Crippen molar-refractivity contribution in [3.8, 4) is 16.2 Å². The number of nitrogens with zero attached hydrogens (tertiary/aromatic N) is 3. The Hall–Kier alpha value is -3.46. The van der Waals surface area contributed by atoms with Crippen LogP contribution in [0.15, 0.2) is 42.6 Å². The smallest absolute Gasteiger partial charge is 0.407 e. The third kappa shape index (κ3) is 7.60. The minimum Gasteiger partial charge on any atom is -0.495 e. The van der Waals surface area contributed by atoms with Gasteiger partial charge >= 0.3 is 6.09 Å². The molecular weight excluding hydrogens is 572 g/mol. The van der Waals surface area contributed by atoms with E-state index in [1.165, 1.54) is 0 Å². The fourth-order valence-corrected chi connectivity index (χ4v) is 7.52. The van der Waals surface area contributed by atoms with Gasteiger partial charge in [-0.25, -0.2) is 9.78 Å². The maximum absolute atomic E-state index is 14.3. The van der Waals surface area contributed by atoms with Gasteiger partial charge in [-0.1, -0.05) is 26.0 Å². The van der Waals surface area contributed by atoms with Crippen LogP contribution in [0, 0.1) is 18.8 Å². The summed E-state index contributed by atoms with van der Waals surface area (Å²) in [6.07, 6.45) is 8.50. The van der Waals surface area contributed by atoms with Crippen molar-refractivity contribution in [2.75, 3.05) is 25.6 Å². The van der Waals surface area contributed by atoms with Crippen molar-refractivity contribution in [1.82, 2.24) is 15.3 Å². The lowest BCUT2D eigenvalue weighted by atomic mass is 9.79. The van der Waals surface area contributed by atoms with E-state index in [4.69, 9.17) is 14.5 Å². The second-order valence-electron chi connectivity index (χ2n) is 12.6. The predicted octanol–water partition coefficient (Wildman–Crippen LogP) is 7.87. The molecule has 1 aromatic carbocycles. The SMILES string of the molecule is CNC(=O)O[C@H]1CC[C@H](C(=O)N(C[C@H]2CC[C@H](c3ccc(OC)c(C)n3)CC2)c2cccc(-c3cnc(C(C)C)s3)c2)CC1. The molecule has 44 heavy (non-hydrogen) atoms. The molecule has 8 nitrogen and oxygen atoms in total. The van der Waals surface area contributed by atoms with E-state index in [9.17, 15) is 9.59 Å². The minimum absolute atomic E-state index is 0.0815. The first-order valence-electron chi connectivity index (χ1n) is 16.0. The molecule has 0 saturated heterocycles. The zero-order valence-electron chi connectivity index (χ0n) is 26.7. The van der Waals surface area contributed by atoms with E-state index in [0.717, 1.165) is 76.8 Å². The summed E-state index contributed by atoms with van der Waals surface area (Å²) in [5, 5.41) is 3.65. The van der Waals surface area contributed by atoms with Crippen LogP contribution in [0.25, 0.3) is 10.4 Å². The van der Waals surface area contributed by atoms with Gasteiger partial charge in [0.15, 0.2) is 0 Å². The molecule has 3 aromatic rings. The molecule has 2 aliphatic carbocycles. The number of carbonyl (C=O) groups excluding carboxylic acids is 2. The molecule has 236 valence electrons. The van der Waals surface area contributed by atoms with E-state index in [-0.39, 0.29) is 17.9 Å². The van der Waals surface area contributed by atoms with Crippen molar-refractivity contribution >= 4 is 29.0 Å². The van der Waals surface area contributed by atoms with Gasteiger partial charge < -0.3 is 19.7 Å². The van der Waals surface area contributed by atoms with Crippen LogP contribution in [0.2, 0.25) is 0 Å². The second-order valence-corrected chi connectivity index (χ2v) is 13.6. The molecular formula is C35H46N4O4S. The first-order valence-corrected chi connectivity index (χ1v) is 16.8. The van der Waals surface area contributed by atoms with Gasteiger partial charge in [-0.2, -0.15) is 0 Å². The van der Waals surface area contributed by atoms with E-state index < -0.39 is 6.09 Å². The number of nitrogens with one attached hydrogen (secondary N) is 1. The van der Waals surface area contributed by atoms with E-state index in [2.05, 4.69) is 59.4 Å². The van der Waals surface area contributed by atoms with Gasteiger partial charge in [-0.15, -0.1) is 11.3 Å². The number of alkyl carbamates (subject to hydrolysis) is 1. The van der Waals surface area contributed by atoms with Crippen LogP contribution >= 0.6 is 11.3 Å². The highest BCUT2D eigenvalue weighted by Gasteiger charge is 2.34. The van der Waals surface area contributed by atoms with Crippen molar-refractivity contribution in [2.24, 2.45) is 11.8 Å². The minimum atomic E-state index is -0.405. The fourth-order valence-electron chi connectivity index (χ4n) is 6.61. The van der Waals surface area contributed by atoms with Crippen molar-refractivity contribution in [3.05, 3.63) is 59.0 Å². The number of aromatic nitrogens is 2. The van der Waals surface area contributed by atoms with Crippen LogP contribution in [0.4, 0.5) is 10.5 Å². The summed E-state index contributed by atoms with van der Waals surface area (Å²) in [4.78, 5) is 38.6. The summed E-state index contributed by atoms with van der Waals surface area (Å²) >= 11 is 1.72. The molecule has 2 aliphatic rings. The van der Waals surface area contributed by atoms with E-state index in [1.807, 2.05) is 19.2 Å². The molecule has 2 aromatic heterocycles. The highest BCUT2D eigenvalue weighted by Crippen LogP contribution is 2.39. The largest absolute Gasteiger partial charge is 0.495 e. The third-order valence-electron chi connectivity index (χ3n) is 9.21. The van der Waals surface area contributed by atoms with Crippen LogP contribution in [-0.2, 0) is 9.53 Å². The molecule has 9 heteroatoms. The molecule has 0 bridgehead atoms. The van der Waals surface area contributed by atoms with Crippen LogP contribution < -0.4 is 15.0 Å². The molecule has 2 fully saturated rings. The number of pyridine rings is 1. The van der Waals surface area contributed by atoms with E-state index in [1.54, 1.807) is 25.5 Å². The third-order valence-corrected chi connectivity index (χ3v) is 10.6. The van der Waals surface area contributed by atoms with Gasteiger partial charge in [-0.05, 0) is 94.0 Å². The summed E-state index contributed by atoms with van der Waals surface area (Å²) < 4.78 is 10.9. The second kappa shape index (κ2) is 14.5. The maximum atomic E-state index is 14.3. The lowest BCUT2D eigenvalue weighted by Crippen LogP contribution is -2.42. The molecule has 1 N–H and O–H groups in total. The zero-order valence-corrected chi connectivity index (χ0v) is 27.5. The maximum Gasteiger partial charge on any atom is 0.407 e. The number of aryl methyl sites for hydroxylation is 1. The Bertz CT molecular complexity index is 1420. The summed E-state index contributed by atoms with van der Waals surface area (Å²) in [5.74, 6) is 2.16. The van der Waals surface area contributed by atoms with Crippen molar-refractivity contribution < 1.29 is 19.1 Å². The molecule has 0 unspecified atom stereocenters. The van der Waals surface area contributed by atoms with Gasteiger partial charge in [0.25, 0.3) is 0 Å². The van der Waals surface area contributed by atoms with Crippen molar-refractivity contribution in [3.63, 3.8) is 0 Å². The lowest BCUT2D eigenvalue weighted by Gasteiger charge is -2.36. The van der Waals surface area contributed by atoms with Gasteiger partial charge in [0.1, 0.15) is 11.9 Å². The van der Waals surface area contributed by atoms with Gasteiger partial charge in [0.2, 0.25) is 5.91 Å². The number of methoxy groups -OCH3 is 1. The Kier molecular flexibility index (Phi) is 10.6. The van der Waals surface area contributed by atoms with Gasteiger partial charge in [0, 0.05) is 48.9 Å². The number of ether oxygens (including phenoxy) is 2. The average molecular weight is 619 g/mol. The summed E-state index contributed by atoms with van der Waals surface area (Å²) in [6.45, 7) is 7.03. The monoisotopic (exact) mass is 618 g/mol. The number of carbonyl (C=O) groups is 2. The van der Waals surface area contributed by atoms with Gasteiger partial charge in [0.05, 0.1) is 22.7 Å². The first kappa shape index (κ1) is 31.9. The topological polar surface area (TPSA) is 93.7 Å². The molecule has 5 rings (SSSR count). The standard InChI is InChI=1S/C35H46N4O4S/c1-22(2)33-37-20-32(44-33)27-7-6-8-28(19-27)39(34(40)26-13-15-29(16-14-26)43-35(41)36-4)21-24-9-11-25(12-10-24)30-17-18-31(42-5)23(3)38-30/h6-8,17-20,22,24-26,29H,9-16,21H2,1-5H3,(H,36,41)/t24-,25-,26-,29-. The van der Waals surface area contributed by atoms with E-state index in [0.29, 0.717) is 37.1 Å². The molecule has 2 heterocycles. The van der Waals surface area contributed by atoms with Gasteiger partial charge in [-0.3, -0.25) is 9.78 Å². The predicted molar refractivity (Wildman–Crippen MR) is 176 cm³/mol. The highest BCUT2D eigenvalue weighted by molar-refractivity contribution is 7.15. The number of thiazole rings is 1. The number of amides is 2. The Balaban J connectivity index is 1.32. The Morgan fingerprint density at radius 2 is 1.80 bits per heavy atom. The number of hydrogen-bond acceptors (Lipinski definition) is 7. The summed E-state index contributed by atoms with van der Waals surface area (Å²) in [7, 11) is 3.25. The number of hydrogen-bond donors (Lipinski definition) is 1. The first-order chi connectivity index (χ1) is 21.2. The van der Waals surface area contributed by atoms with Crippen LogP contribution in [0.5, 0.6) is 5.75 Å². The normalized spacial score (nSPS) is 22.0. The van der Waals surface area contributed by atoms with E-state index >= 15 is 0 Å². The Morgan fingerprint density at radius 1 is 1.05 bits per heavy atom. The molecule has 0 aliphatic heterocycles. The quantitative estimate of drug-likeness (QED) is 0.262. The molecule has 2 amide bonds. The number of benzene rings is 1. The summed E-state index contributed by atoms with van der Waals surface area (Å²) in [5.41, 5.74) is 4.12. The fraction of sp³-hybridized carbons (Fsp3) is 0.543. The van der Waals surface area contributed by atoms with Crippen LogP contribution in [0.1, 0.15) is 93.4 Å². The average Bonchev–Trinajstić information content (AvgIpc) is 3.55. The van der Waals surface area contributed by atoms with Crippen molar-refractivity contribution in [1.29, 1.82) is 0 Å². The number of anilines is 1. The lowest BCUT2D eigenvalue weighted by molar-refractivity contribution is -0.124. The Morgan fingerprint density at radius 3 is 2.43 bits per heavy atom. The number of rotatable bonds is 9. The molecule has 2 saturated carbocycles. The molecule has 0 spiro atoms. The van der Waals surface area contributed by atoms with Crippen LogP contribution in [0.3, 0.4) is 0 Å². The zero-order chi connectivity index (χ0) is 31.2. The summed E-state index contributed by atoms with van der Waals surface area (Å²) in [6, 6.07) is 12.5. The van der Waals surface area contributed by atoms with Crippen molar-refractivity contribution in [2.45, 2.75) is 90.1 Å².